The molecule has 1 rings (SSSR count). The zero-order valence-electron chi connectivity index (χ0n) is 7.89. The maximum atomic E-state index is 13.1. The molecule has 0 aliphatic heterocycles. The molecule has 80 valence electrons. The molecule has 4 nitrogen and oxygen atoms in total. The quantitative estimate of drug-likeness (QED) is 0.612. The van der Waals surface area contributed by atoms with E-state index in [0.29, 0.717) is 6.42 Å². The van der Waals surface area contributed by atoms with Gasteiger partial charge in [-0.1, -0.05) is 12.2 Å². The van der Waals surface area contributed by atoms with Crippen LogP contribution in [0.2, 0.25) is 0 Å². The lowest BCUT2D eigenvalue weighted by atomic mass is 10.1. The van der Waals surface area contributed by atoms with Crippen LogP contribution in [0.1, 0.15) is 12.0 Å². The smallest absolute Gasteiger partial charge is 0.270 e. The first-order chi connectivity index (χ1) is 7.15. The molecule has 0 aromatic heterocycles. The Morgan fingerprint density at radius 2 is 2.27 bits per heavy atom. The van der Waals surface area contributed by atoms with Gasteiger partial charge >= 0.3 is 0 Å². The van der Waals surface area contributed by atoms with E-state index in [0.717, 1.165) is 18.2 Å². The minimum atomic E-state index is -0.581. The number of aliphatic hydroxyl groups excluding tert-OH is 1. The number of non-ortho nitro benzene ring substituents is 1. The molecule has 1 aromatic rings. The second kappa shape index (κ2) is 5.21. The number of hydrogen-bond acceptors (Lipinski definition) is 3. The summed E-state index contributed by atoms with van der Waals surface area (Å²) in [5.74, 6) is -0.519. The van der Waals surface area contributed by atoms with Gasteiger partial charge in [0.15, 0.2) is 0 Å². The van der Waals surface area contributed by atoms with Gasteiger partial charge in [-0.25, -0.2) is 4.39 Å². The number of nitro groups is 1. The number of aliphatic hydroxyl groups is 1. The van der Waals surface area contributed by atoms with Crippen LogP contribution in [0.5, 0.6) is 0 Å². The summed E-state index contributed by atoms with van der Waals surface area (Å²) in [6.07, 6.45) is 3.36. The highest BCUT2D eigenvalue weighted by atomic mass is 19.1. The molecule has 0 radical (unpaired) electrons. The number of benzene rings is 1. The first-order valence-electron chi connectivity index (χ1n) is 4.36. The van der Waals surface area contributed by atoms with Crippen molar-refractivity contribution in [1.29, 1.82) is 0 Å². The Bertz CT molecular complexity index is 390. The zero-order chi connectivity index (χ0) is 11.3. The molecule has 0 amide bonds. The Balaban J connectivity index is 2.95. The Kier molecular flexibility index (Phi) is 3.93. The Labute approximate surface area is 85.8 Å². The summed E-state index contributed by atoms with van der Waals surface area (Å²) in [7, 11) is 0. The normalized spacial score (nSPS) is 10.8. The van der Waals surface area contributed by atoms with E-state index < -0.39 is 10.7 Å². The molecule has 0 bridgehead atoms. The van der Waals surface area contributed by atoms with E-state index in [-0.39, 0.29) is 17.9 Å². The molecule has 0 heterocycles. The van der Waals surface area contributed by atoms with E-state index >= 15 is 0 Å². The minimum Gasteiger partial charge on any atom is -0.396 e. The molecule has 15 heavy (non-hydrogen) atoms. The summed E-state index contributed by atoms with van der Waals surface area (Å²) in [4.78, 5) is 9.83. The second-order valence-electron chi connectivity index (χ2n) is 2.88. The molecular formula is C10H10FNO3. The summed E-state index contributed by atoms with van der Waals surface area (Å²) in [6.45, 7) is -0.0347. The molecule has 1 aromatic carbocycles. The van der Waals surface area contributed by atoms with Gasteiger partial charge in [-0.3, -0.25) is 10.1 Å². The summed E-state index contributed by atoms with van der Waals surface area (Å²) < 4.78 is 13.1. The fourth-order valence-electron chi connectivity index (χ4n) is 1.06. The van der Waals surface area contributed by atoms with Crippen LogP contribution in [0, 0.1) is 15.9 Å². The van der Waals surface area contributed by atoms with Gasteiger partial charge in [-0.05, 0) is 12.5 Å². The third-order valence-corrected chi connectivity index (χ3v) is 1.78. The van der Waals surface area contributed by atoms with Gasteiger partial charge in [0.1, 0.15) is 5.82 Å². The van der Waals surface area contributed by atoms with Crippen molar-refractivity contribution in [2.45, 2.75) is 6.42 Å². The Morgan fingerprint density at radius 3 is 2.87 bits per heavy atom. The van der Waals surface area contributed by atoms with E-state index in [1.807, 2.05) is 0 Å². The standard InChI is InChI=1S/C10H10FNO3/c11-10-5-4-9(12(14)15)7-8(10)3-1-2-6-13/h1,3-5,7,13H,2,6H2. The van der Waals surface area contributed by atoms with Crippen LogP contribution < -0.4 is 0 Å². The molecule has 0 aliphatic carbocycles. The fraction of sp³-hybridized carbons (Fsp3) is 0.200. The van der Waals surface area contributed by atoms with E-state index in [9.17, 15) is 14.5 Å². The maximum Gasteiger partial charge on any atom is 0.270 e. The number of nitro benzene ring substituents is 1. The van der Waals surface area contributed by atoms with Crippen molar-refractivity contribution in [3.8, 4) is 0 Å². The van der Waals surface area contributed by atoms with E-state index in [2.05, 4.69) is 0 Å². The van der Waals surface area contributed by atoms with Crippen LogP contribution in [0.15, 0.2) is 24.3 Å². The topological polar surface area (TPSA) is 63.4 Å². The lowest BCUT2D eigenvalue weighted by Crippen LogP contribution is -1.90. The van der Waals surface area contributed by atoms with Crippen LogP contribution >= 0.6 is 0 Å². The number of nitrogens with zero attached hydrogens (tertiary/aromatic N) is 1. The Morgan fingerprint density at radius 1 is 1.53 bits per heavy atom. The fourth-order valence-corrected chi connectivity index (χ4v) is 1.06. The van der Waals surface area contributed by atoms with Crippen LogP contribution in [0.3, 0.4) is 0 Å². The van der Waals surface area contributed by atoms with Crippen LogP contribution in [-0.2, 0) is 0 Å². The van der Waals surface area contributed by atoms with Crippen LogP contribution in [0.4, 0.5) is 10.1 Å². The maximum absolute atomic E-state index is 13.1. The van der Waals surface area contributed by atoms with Gasteiger partial charge in [0.05, 0.1) is 4.92 Å². The molecule has 5 heteroatoms. The first kappa shape index (κ1) is 11.3. The monoisotopic (exact) mass is 211 g/mol. The SMILES string of the molecule is O=[N+]([O-])c1ccc(F)c(C=CCCO)c1. The second-order valence-corrected chi connectivity index (χ2v) is 2.88. The molecule has 0 atom stereocenters. The predicted octanol–water partition coefficient (Wildman–Crippen LogP) is 2.13. The zero-order valence-corrected chi connectivity index (χ0v) is 7.89. The summed E-state index contributed by atoms with van der Waals surface area (Å²) in [5.41, 5.74) is -0.00213. The molecule has 0 fully saturated rings. The number of hydrogen-bond donors (Lipinski definition) is 1. The third-order valence-electron chi connectivity index (χ3n) is 1.78. The number of halogens is 1. The number of rotatable bonds is 4. The van der Waals surface area contributed by atoms with Gasteiger partial charge in [0.2, 0.25) is 0 Å². The molecule has 0 spiro atoms. The highest BCUT2D eigenvalue weighted by molar-refractivity contribution is 5.54. The van der Waals surface area contributed by atoms with Crippen molar-refractivity contribution in [2.75, 3.05) is 6.61 Å². The van der Waals surface area contributed by atoms with Crippen molar-refractivity contribution >= 4 is 11.8 Å². The van der Waals surface area contributed by atoms with Crippen molar-refractivity contribution in [1.82, 2.24) is 0 Å². The van der Waals surface area contributed by atoms with Gasteiger partial charge in [0, 0.05) is 24.3 Å². The third kappa shape index (κ3) is 3.14. The Hall–Kier alpha value is -1.75. The molecule has 0 saturated carbocycles. The van der Waals surface area contributed by atoms with E-state index in [1.165, 1.54) is 6.08 Å². The minimum absolute atomic E-state index is 0.0347. The van der Waals surface area contributed by atoms with Gasteiger partial charge in [0.25, 0.3) is 5.69 Å². The highest BCUT2D eigenvalue weighted by Gasteiger charge is 2.08. The molecule has 0 unspecified atom stereocenters. The van der Waals surface area contributed by atoms with Crippen molar-refractivity contribution < 1.29 is 14.4 Å². The largest absolute Gasteiger partial charge is 0.396 e. The molecule has 0 aliphatic rings. The van der Waals surface area contributed by atoms with Crippen molar-refractivity contribution in [3.63, 3.8) is 0 Å². The van der Waals surface area contributed by atoms with Gasteiger partial charge in [-0.2, -0.15) is 0 Å². The highest BCUT2D eigenvalue weighted by Crippen LogP contribution is 2.17. The molecule has 1 N–H and O–H groups in total. The summed E-state index contributed by atoms with van der Waals surface area (Å²) >= 11 is 0. The summed E-state index contributed by atoms with van der Waals surface area (Å²) in [5, 5.41) is 18.9. The average Bonchev–Trinajstić information content (AvgIpc) is 2.20. The molecular weight excluding hydrogens is 201 g/mol. The van der Waals surface area contributed by atoms with Crippen LogP contribution in [-0.4, -0.2) is 16.6 Å². The summed E-state index contributed by atoms with van der Waals surface area (Å²) in [6, 6.07) is 3.32. The van der Waals surface area contributed by atoms with Gasteiger partial charge < -0.3 is 5.11 Å². The predicted molar refractivity (Wildman–Crippen MR) is 53.8 cm³/mol. The van der Waals surface area contributed by atoms with E-state index in [1.54, 1.807) is 6.08 Å². The van der Waals surface area contributed by atoms with Crippen molar-refractivity contribution in [3.05, 3.63) is 45.8 Å². The van der Waals surface area contributed by atoms with Crippen LogP contribution in [0.25, 0.3) is 6.08 Å². The van der Waals surface area contributed by atoms with Gasteiger partial charge in [-0.15, -0.1) is 0 Å². The lowest BCUT2D eigenvalue weighted by Gasteiger charge is -1.96. The molecule has 0 saturated heterocycles. The van der Waals surface area contributed by atoms with Crippen molar-refractivity contribution in [2.24, 2.45) is 0 Å². The first-order valence-corrected chi connectivity index (χ1v) is 4.36. The lowest BCUT2D eigenvalue weighted by molar-refractivity contribution is -0.384. The average molecular weight is 211 g/mol. The van der Waals surface area contributed by atoms with E-state index in [4.69, 9.17) is 5.11 Å².